The molecular formula is C16H32NO7P. The van der Waals surface area contributed by atoms with Crippen molar-refractivity contribution in [3.8, 4) is 0 Å². The van der Waals surface area contributed by atoms with E-state index in [0.717, 1.165) is 6.42 Å². The molecule has 0 amide bonds. The second-order valence-electron chi connectivity index (χ2n) is 6.13. The maximum absolute atomic E-state index is 11.7. The van der Waals surface area contributed by atoms with E-state index in [9.17, 15) is 9.59 Å². The minimum atomic E-state index is -1.55. The van der Waals surface area contributed by atoms with Crippen LogP contribution in [0.25, 0.3) is 0 Å². The summed E-state index contributed by atoms with van der Waals surface area (Å²) < 4.78 is 26.5. The summed E-state index contributed by atoms with van der Waals surface area (Å²) in [5.74, 6) is -0.746. The van der Waals surface area contributed by atoms with Crippen LogP contribution in [0.5, 0.6) is 0 Å². The van der Waals surface area contributed by atoms with Gasteiger partial charge in [-0.1, -0.05) is 6.92 Å². The van der Waals surface area contributed by atoms with Crippen molar-refractivity contribution in [1.29, 1.82) is 0 Å². The number of esters is 2. The quantitative estimate of drug-likeness (QED) is 0.384. The molecule has 0 saturated carbocycles. The van der Waals surface area contributed by atoms with Gasteiger partial charge in [0, 0.05) is 7.11 Å². The Labute approximate surface area is 151 Å². The fraction of sp³-hybridized carbons (Fsp3) is 0.875. The van der Waals surface area contributed by atoms with Crippen molar-refractivity contribution in [3.63, 3.8) is 0 Å². The zero-order chi connectivity index (χ0) is 19.3. The van der Waals surface area contributed by atoms with E-state index < -0.39 is 20.1 Å². The number of carbonyl (C=O) groups excluding carboxylic acids is 2. The van der Waals surface area contributed by atoms with Crippen LogP contribution in [0.3, 0.4) is 0 Å². The van der Waals surface area contributed by atoms with Crippen molar-refractivity contribution in [2.45, 2.75) is 59.2 Å². The highest BCUT2D eigenvalue weighted by Gasteiger charge is 2.19. The molecular weight excluding hydrogens is 349 g/mol. The lowest BCUT2D eigenvalue weighted by Gasteiger charge is -2.22. The van der Waals surface area contributed by atoms with Gasteiger partial charge in [-0.2, -0.15) is 0 Å². The third-order valence-corrected chi connectivity index (χ3v) is 3.98. The first-order chi connectivity index (χ1) is 11.7. The number of hydrogen-bond acceptors (Lipinski definition) is 8. The van der Waals surface area contributed by atoms with Crippen LogP contribution in [0.2, 0.25) is 0 Å². The minimum Gasteiger partial charge on any atom is -0.465 e. The Morgan fingerprint density at radius 3 is 2.32 bits per heavy atom. The molecule has 0 aromatic heterocycles. The normalized spacial score (nSPS) is 14.0. The molecule has 25 heavy (non-hydrogen) atoms. The number of nitrogens with one attached hydrogen (secondary N) is 1. The molecule has 0 spiro atoms. The topological polar surface area (TPSA) is 92.3 Å². The van der Waals surface area contributed by atoms with Crippen LogP contribution >= 0.6 is 8.53 Å². The first-order valence-corrected chi connectivity index (χ1v) is 9.59. The molecule has 0 saturated heterocycles. The van der Waals surface area contributed by atoms with Crippen molar-refractivity contribution in [1.82, 2.24) is 5.09 Å². The smallest absolute Gasteiger partial charge is 0.320 e. The Balaban J connectivity index is 4.36. The summed E-state index contributed by atoms with van der Waals surface area (Å²) in [6, 6.07) is 0. The highest BCUT2D eigenvalue weighted by atomic mass is 31.2. The van der Waals surface area contributed by atoms with Crippen LogP contribution in [-0.2, 0) is 32.8 Å². The zero-order valence-corrected chi connectivity index (χ0v) is 17.0. The summed E-state index contributed by atoms with van der Waals surface area (Å²) >= 11 is 0. The third kappa shape index (κ3) is 14.1. The van der Waals surface area contributed by atoms with Gasteiger partial charge in [-0.05, 0) is 34.1 Å². The van der Waals surface area contributed by atoms with Gasteiger partial charge in [-0.3, -0.25) is 9.59 Å². The van der Waals surface area contributed by atoms with Gasteiger partial charge < -0.3 is 23.3 Å². The van der Waals surface area contributed by atoms with E-state index in [1.165, 1.54) is 0 Å². The van der Waals surface area contributed by atoms with Crippen LogP contribution in [-0.4, -0.2) is 57.1 Å². The van der Waals surface area contributed by atoms with Crippen LogP contribution in [0, 0.1) is 0 Å². The van der Waals surface area contributed by atoms with Gasteiger partial charge >= 0.3 is 11.9 Å². The average Bonchev–Trinajstić information content (AvgIpc) is 2.51. The average molecular weight is 381 g/mol. The third-order valence-electron chi connectivity index (χ3n) is 2.76. The van der Waals surface area contributed by atoms with Gasteiger partial charge in [0.1, 0.15) is 12.1 Å². The Morgan fingerprint density at radius 1 is 1.12 bits per heavy atom. The van der Waals surface area contributed by atoms with E-state index in [4.69, 9.17) is 23.3 Å². The Hall–Kier alpha value is -0.790. The second kappa shape index (κ2) is 13.4. The zero-order valence-electron chi connectivity index (χ0n) is 16.1. The number of methoxy groups -OCH3 is 1. The Morgan fingerprint density at radius 2 is 1.80 bits per heavy atom. The van der Waals surface area contributed by atoms with Crippen LogP contribution in [0.15, 0.2) is 0 Å². The first-order valence-electron chi connectivity index (χ1n) is 8.41. The lowest BCUT2D eigenvalue weighted by molar-refractivity contribution is -0.155. The van der Waals surface area contributed by atoms with E-state index in [1.54, 1.807) is 34.8 Å². The molecule has 0 aromatic carbocycles. The van der Waals surface area contributed by atoms with Crippen molar-refractivity contribution >= 4 is 20.5 Å². The van der Waals surface area contributed by atoms with Gasteiger partial charge in [0.25, 0.3) is 8.53 Å². The highest BCUT2D eigenvalue weighted by Crippen LogP contribution is 2.34. The summed E-state index contributed by atoms with van der Waals surface area (Å²) in [7, 11) is 0.0561. The molecule has 0 bridgehead atoms. The van der Waals surface area contributed by atoms with Crippen molar-refractivity contribution in [2.24, 2.45) is 0 Å². The first kappa shape index (κ1) is 24.2. The number of ether oxygens (including phenoxy) is 3. The predicted molar refractivity (Wildman–Crippen MR) is 95.0 cm³/mol. The van der Waals surface area contributed by atoms with Gasteiger partial charge in [-0.25, -0.2) is 5.09 Å². The molecule has 0 heterocycles. The standard InChI is InChI=1S/C16H32NO7P/c1-7-13(20-6)12-23-25(17-11-15(19)21-8-2)22-10-9-14(18)24-16(3,4)5/h13,17H,7-12H2,1-6H3. The van der Waals surface area contributed by atoms with Gasteiger partial charge in [-0.15, -0.1) is 0 Å². The van der Waals surface area contributed by atoms with Crippen molar-refractivity contribution in [3.05, 3.63) is 0 Å². The largest absolute Gasteiger partial charge is 0.465 e. The maximum atomic E-state index is 11.7. The molecule has 1 N–H and O–H groups in total. The van der Waals surface area contributed by atoms with Crippen LogP contribution in [0.4, 0.5) is 0 Å². The predicted octanol–water partition coefficient (Wildman–Crippen LogP) is 2.56. The Kier molecular flexibility index (Phi) is 13.0. The highest BCUT2D eigenvalue weighted by molar-refractivity contribution is 7.45. The molecule has 8 nitrogen and oxygen atoms in total. The molecule has 0 fully saturated rings. The fourth-order valence-electron chi connectivity index (χ4n) is 1.58. The molecule has 0 aliphatic rings. The molecule has 0 radical (unpaired) electrons. The molecule has 0 aliphatic carbocycles. The summed E-state index contributed by atoms with van der Waals surface area (Å²) in [6.45, 7) is 9.85. The van der Waals surface area contributed by atoms with E-state index in [-0.39, 0.29) is 31.6 Å². The van der Waals surface area contributed by atoms with E-state index in [2.05, 4.69) is 5.09 Å². The Bertz CT molecular complexity index is 383. The minimum absolute atomic E-state index is 0.0320. The summed E-state index contributed by atoms with van der Waals surface area (Å²) in [5.41, 5.74) is -0.534. The summed E-state index contributed by atoms with van der Waals surface area (Å²) in [5, 5.41) is 2.87. The molecule has 2 unspecified atom stereocenters. The van der Waals surface area contributed by atoms with Gasteiger partial charge in [0.2, 0.25) is 0 Å². The maximum Gasteiger partial charge on any atom is 0.320 e. The van der Waals surface area contributed by atoms with E-state index >= 15 is 0 Å². The SMILES string of the molecule is CCOC(=O)CNP(OCCC(=O)OC(C)(C)C)OCC(CC)OC. The van der Waals surface area contributed by atoms with E-state index in [0.29, 0.717) is 13.2 Å². The monoisotopic (exact) mass is 381 g/mol. The lowest BCUT2D eigenvalue weighted by atomic mass is 10.2. The molecule has 0 rings (SSSR count). The summed E-state index contributed by atoms with van der Waals surface area (Å²) in [6.07, 6.45) is 0.821. The van der Waals surface area contributed by atoms with Gasteiger partial charge in [0.15, 0.2) is 0 Å². The fourth-order valence-corrected chi connectivity index (χ4v) is 2.65. The number of carbonyl (C=O) groups is 2. The number of rotatable bonds is 13. The van der Waals surface area contributed by atoms with Gasteiger partial charge in [0.05, 0.1) is 32.3 Å². The van der Waals surface area contributed by atoms with Crippen LogP contribution < -0.4 is 5.09 Å². The molecule has 148 valence electrons. The van der Waals surface area contributed by atoms with Crippen molar-refractivity contribution in [2.75, 3.05) is 33.5 Å². The van der Waals surface area contributed by atoms with Crippen LogP contribution in [0.1, 0.15) is 47.5 Å². The van der Waals surface area contributed by atoms with E-state index in [1.807, 2.05) is 6.92 Å². The molecule has 2 atom stereocenters. The molecule has 0 aliphatic heterocycles. The number of hydrogen-bond donors (Lipinski definition) is 1. The molecule has 0 aromatic rings. The second-order valence-corrected chi connectivity index (χ2v) is 7.48. The van der Waals surface area contributed by atoms with Crippen molar-refractivity contribution < 1.29 is 32.8 Å². The molecule has 9 heteroatoms. The lowest BCUT2D eigenvalue weighted by Crippen LogP contribution is -2.26. The summed E-state index contributed by atoms with van der Waals surface area (Å²) in [4.78, 5) is 23.2.